The number of likely N-dealkylation sites (N-methyl/N-ethyl adjacent to an activating group) is 1. The number of nitrogen functional groups attached to an aromatic ring is 1. The number of carboxylic acids is 3. The number of nitrogens with zero attached hydrogens (tertiary/aromatic N) is 4. The van der Waals surface area contributed by atoms with Gasteiger partial charge in [-0.3, -0.25) is 14.4 Å². The molecule has 0 aliphatic rings. The second-order valence-electron chi connectivity index (χ2n) is 9.31. The van der Waals surface area contributed by atoms with E-state index in [0.29, 0.717) is 29.7 Å². The monoisotopic (exact) mass is 586 g/mol. The Bertz CT molecular complexity index is 1470. The fourth-order valence-corrected chi connectivity index (χ4v) is 4.01. The van der Waals surface area contributed by atoms with Crippen molar-refractivity contribution >= 4 is 52.4 Å². The van der Waals surface area contributed by atoms with Crippen LogP contribution < -0.4 is 21.3 Å². The molecule has 0 spiro atoms. The van der Waals surface area contributed by atoms with E-state index >= 15 is 0 Å². The molecule has 0 bridgehead atoms. The number of aliphatic carboxylic acids is 3. The van der Waals surface area contributed by atoms with Crippen LogP contribution in [0.2, 0.25) is 0 Å². The molecule has 3 heterocycles. The fourth-order valence-electron chi connectivity index (χ4n) is 4.01. The van der Waals surface area contributed by atoms with Crippen molar-refractivity contribution in [1.82, 2.24) is 30.6 Å². The number of hydrogen-bond acceptors (Lipinski definition) is 11. The number of carbonyl (C=O) groups excluding carboxylic acids is 2. The molecule has 3 rings (SSSR count). The first-order valence-electron chi connectivity index (χ1n) is 12.6. The highest BCUT2D eigenvalue weighted by Gasteiger charge is 2.25. The number of aromatic nitrogens is 4. The Morgan fingerprint density at radius 1 is 1.00 bits per heavy atom. The van der Waals surface area contributed by atoms with Gasteiger partial charge in [-0.25, -0.2) is 14.6 Å². The van der Waals surface area contributed by atoms with Crippen LogP contribution in [0.15, 0.2) is 24.5 Å². The lowest BCUT2D eigenvalue weighted by atomic mass is 10.1. The Labute approximate surface area is 237 Å². The second kappa shape index (κ2) is 13.7. The van der Waals surface area contributed by atoms with E-state index in [2.05, 4.69) is 30.6 Å². The zero-order chi connectivity index (χ0) is 31.0. The number of aromatic amines is 1. The normalized spacial score (nSPS) is 12.3. The van der Waals surface area contributed by atoms with Crippen molar-refractivity contribution in [3.8, 4) is 5.88 Å². The minimum absolute atomic E-state index is 0.0558. The molecule has 3 aromatic heterocycles. The Balaban J connectivity index is 1.54. The van der Waals surface area contributed by atoms with Gasteiger partial charge in [-0.15, -0.1) is 0 Å². The number of carboxylic acid groups (broad SMARTS) is 3. The smallest absolute Gasteiger partial charge is 0.326 e. The first-order valence-corrected chi connectivity index (χ1v) is 12.6. The van der Waals surface area contributed by atoms with Crippen LogP contribution in [0.5, 0.6) is 5.88 Å². The average molecular weight is 587 g/mol. The van der Waals surface area contributed by atoms with Crippen molar-refractivity contribution < 1.29 is 44.4 Å². The number of fused-ring (bicyclic) bond motifs is 1. The van der Waals surface area contributed by atoms with Crippen LogP contribution in [0, 0.1) is 0 Å². The van der Waals surface area contributed by atoms with Gasteiger partial charge in [-0.2, -0.15) is 9.97 Å². The zero-order valence-electron chi connectivity index (χ0n) is 22.4. The highest BCUT2D eigenvalue weighted by molar-refractivity contribution is 5.95. The van der Waals surface area contributed by atoms with E-state index in [1.54, 1.807) is 19.3 Å². The van der Waals surface area contributed by atoms with Crippen molar-refractivity contribution in [2.24, 2.45) is 0 Å². The van der Waals surface area contributed by atoms with Crippen molar-refractivity contribution in [3.63, 3.8) is 0 Å². The van der Waals surface area contributed by atoms with Gasteiger partial charge in [0.25, 0.3) is 5.91 Å². The van der Waals surface area contributed by atoms with Crippen LogP contribution in [-0.2, 0) is 25.6 Å². The summed E-state index contributed by atoms with van der Waals surface area (Å²) in [5, 5.41) is 42.4. The molecule has 0 aliphatic carbocycles. The Hall–Kier alpha value is -5.48. The van der Waals surface area contributed by atoms with E-state index in [9.17, 15) is 34.2 Å². The van der Waals surface area contributed by atoms with Crippen LogP contribution in [0.25, 0.3) is 11.0 Å². The number of H-pyrrole nitrogens is 1. The molecule has 0 unspecified atom stereocenters. The largest absolute Gasteiger partial charge is 0.493 e. The van der Waals surface area contributed by atoms with Crippen LogP contribution in [0.4, 0.5) is 11.6 Å². The molecule has 0 saturated carbocycles. The minimum atomic E-state index is -1.47. The quantitative estimate of drug-likeness (QED) is 0.114. The molecule has 2 atom stereocenters. The molecule has 42 heavy (non-hydrogen) atoms. The molecule has 0 aliphatic heterocycles. The number of pyridine rings is 1. The molecule has 0 radical (unpaired) electrons. The van der Waals surface area contributed by atoms with Crippen LogP contribution >= 0.6 is 0 Å². The summed E-state index contributed by atoms with van der Waals surface area (Å²) < 4.78 is 0. The van der Waals surface area contributed by atoms with E-state index in [-0.39, 0.29) is 30.4 Å². The molecule has 17 nitrogen and oxygen atoms in total. The minimum Gasteiger partial charge on any atom is -0.493 e. The van der Waals surface area contributed by atoms with E-state index in [1.165, 1.54) is 12.3 Å². The standard InChI is InChI=1S/C25H30N8O9/c1-33(9-8-12-10-28-20-19(12)22(38)32-25(26)31-20)13-2-3-14(27-11-13)21(37)30-16(24(41)42)4-6-17(34)29-15(23(39)40)5-7-18(35)36/h2-3,10-11,15-16H,4-9H2,1H3,(H,29,34)(H,30,37)(H,35,36)(H,39,40)(H,41,42)(H4,26,28,31,32,38)/t15-,16-/m0/s1. The number of hydrogen-bond donors (Lipinski definition) is 8. The third kappa shape index (κ3) is 8.26. The molecule has 9 N–H and O–H groups in total. The molecule has 3 aromatic rings. The van der Waals surface area contributed by atoms with Gasteiger partial charge in [0, 0.05) is 32.6 Å². The molecule has 0 saturated heterocycles. The maximum absolute atomic E-state index is 12.6. The number of nitrogens with one attached hydrogen (secondary N) is 3. The second-order valence-corrected chi connectivity index (χ2v) is 9.31. The van der Waals surface area contributed by atoms with Crippen molar-refractivity contribution in [2.45, 2.75) is 44.2 Å². The molecule has 224 valence electrons. The average Bonchev–Trinajstić information content (AvgIpc) is 3.34. The molecular formula is C25H30N8O9. The fraction of sp³-hybridized carbons (Fsp3) is 0.360. The third-order valence-corrected chi connectivity index (χ3v) is 6.29. The molecule has 17 heteroatoms. The van der Waals surface area contributed by atoms with Gasteiger partial charge >= 0.3 is 17.9 Å². The summed E-state index contributed by atoms with van der Waals surface area (Å²) in [6.45, 7) is 0.492. The first-order chi connectivity index (χ1) is 19.8. The first kappa shape index (κ1) is 31.1. The lowest BCUT2D eigenvalue weighted by Crippen LogP contribution is -2.44. The number of nitrogens with two attached hydrogens (primary N) is 1. The van der Waals surface area contributed by atoms with Crippen molar-refractivity contribution in [1.29, 1.82) is 0 Å². The maximum Gasteiger partial charge on any atom is 0.326 e. The summed E-state index contributed by atoms with van der Waals surface area (Å²) >= 11 is 0. The van der Waals surface area contributed by atoms with Gasteiger partial charge in [0.1, 0.15) is 23.4 Å². The predicted molar refractivity (Wildman–Crippen MR) is 146 cm³/mol. The Morgan fingerprint density at radius 2 is 1.67 bits per heavy atom. The topological polar surface area (TPSA) is 274 Å². The van der Waals surface area contributed by atoms with E-state index in [1.807, 2.05) is 4.90 Å². The predicted octanol–water partition coefficient (Wildman–Crippen LogP) is -0.283. The van der Waals surface area contributed by atoms with Gasteiger partial charge in [-0.05, 0) is 37.0 Å². The number of aromatic hydroxyl groups is 1. The Kier molecular flexibility index (Phi) is 10.2. The maximum atomic E-state index is 12.6. The zero-order valence-corrected chi connectivity index (χ0v) is 22.4. The van der Waals surface area contributed by atoms with E-state index in [4.69, 9.17) is 15.9 Å². The molecule has 0 fully saturated rings. The summed E-state index contributed by atoms with van der Waals surface area (Å²) in [6, 6.07) is 0.0999. The number of anilines is 2. The summed E-state index contributed by atoms with van der Waals surface area (Å²) in [7, 11) is 1.79. The lowest BCUT2D eigenvalue weighted by Gasteiger charge is -2.19. The summed E-state index contributed by atoms with van der Waals surface area (Å²) in [5.41, 5.74) is 7.31. The SMILES string of the molecule is CN(CCc1c[nH]c2nc(N)nc(O)c12)c1ccc(C(=O)N[C@@H](CCC(=O)N[C@@H](CCC(=O)O)C(=O)O)C(=O)O)nc1. The lowest BCUT2D eigenvalue weighted by molar-refractivity contribution is -0.143. The van der Waals surface area contributed by atoms with Crippen LogP contribution in [0.1, 0.15) is 41.7 Å². The van der Waals surface area contributed by atoms with Gasteiger partial charge in [-0.1, -0.05) is 0 Å². The van der Waals surface area contributed by atoms with Crippen LogP contribution in [0.3, 0.4) is 0 Å². The number of amides is 2. The summed E-state index contributed by atoms with van der Waals surface area (Å²) in [4.78, 5) is 75.0. The van der Waals surface area contributed by atoms with Gasteiger partial charge in [0.2, 0.25) is 17.7 Å². The molecular weight excluding hydrogens is 556 g/mol. The van der Waals surface area contributed by atoms with Crippen LogP contribution in [-0.4, -0.2) is 95.8 Å². The number of rotatable bonds is 15. The third-order valence-electron chi connectivity index (χ3n) is 6.29. The number of carbonyl (C=O) groups is 5. The van der Waals surface area contributed by atoms with Crippen molar-refractivity contribution in [3.05, 3.63) is 35.8 Å². The van der Waals surface area contributed by atoms with Crippen molar-refractivity contribution in [2.75, 3.05) is 24.2 Å². The van der Waals surface area contributed by atoms with Gasteiger partial charge in [0.15, 0.2) is 0 Å². The van der Waals surface area contributed by atoms with E-state index in [0.717, 1.165) is 5.56 Å². The highest BCUT2D eigenvalue weighted by Crippen LogP contribution is 2.26. The molecule has 2 amide bonds. The summed E-state index contributed by atoms with van der Waals surface area (Å²) in [5.74, 6) is -5.96. The van der Waals surface area contributed by atoms with Gasteiger partial charge < -0.3 is 46.7 Å². The van der Waals surface area contributed by atoms with Gasteiger partial charge in [0.05, 0.1) is 17.3 Å². The Morgan fingerprint density at radius 3 is 2.29 bits per heavy atom. The summed E-state index contributed by atoms with van der Waals surface area (Å²) in [6.07, 6.45) is 2.03. The van der Waals surface area contributed by atoms with E-state index < -0.39 is 54.6 Å². The molecule has 0 aromatic carbocycles. The highest BCUT2D eigenvalue weighted by atomic mass is 16.4.